The number of anilines is 2. The number of nitrogens with zero attached hydrogens (tertiary/aromatic N) is 4. The van der Waals surface area contributed by atoms with Crippen LogP contribution < -0.4 is 15.0 Å². The molecule has 9 nitrogen and oxygen atoms in total. The van der Waals surface area contributed by atoms with Crippen LogP contribution in [0.2, 0.25) is 0 Å². The first-order chi connectivity index (χ1) is 15.1. The Morgan fingerprint density at radius 1 is 1.00 bits per heavy atom. The maximum absolute atomic E-state index is 12.7. The number of carbonyl (C=O) groups is 2. The van der Waals surface area contributed by atoms with Crippen molar-refractivity contribution in [2.24, 2.45) is 0 Å². The van der Waals surface area contributed by atoms with E-state index in [2.05, 4.69) is 20.2 Å². The summed E-state index contributed by atoms with van der Waals surface area (Å²) in [5, 5.41) is 2.81. The number of piperazine rings is 1. The number of amides is 2. The van der Waals surface area contributed by atoms with Crippen LogP contribution >= 0.6 is 0 Å². The second-order valence-corrected chi connectivity index (χ2v) is 7.02. The first-order valence-corrected chi connectivity index (χ1v) is 9.88. The molecular formula is C22H23N5O4. The number of hydrogen-bond acceptors (Lipinski definition) is 7. The van der Waals surface area contributed by atoms with E-state index in [1.165, 1.54) is 7.11 Å². The van der Waals surface area contributed by atoms with Crippen molar-refractivity contribution in [2.75, 3.05) is 50.6 Å². The summed E-state index contributed by atoms with van der Waals surface area (Å²) in [5.74, 6) is 1.02. The molecule has 0 bridgehead atoms. The number of carbonyl (C=O) groups excluding carboxylic acids is 2. The summed E-state index contributed by atoms with van der Waals surface area (Å²) in [7, 11) is 2.93. The molecule has 0 radical (unpaired) electrons. The lowest BCUT2D eigenvalue weighted by atomic mass is 10.2. The molecule has 0 spiro atoms. The number of ether oxygens (including phenoxy) is 2. The van der Waals surface area contributed by atoms with Gasteiger partial charge in [-0.05, 0) is 24.3 Å². The molecule has 0 atom stereocenters. The maximum atomic E-state index is 12.7. The SMILES string of the molecule is COC(=O)c1ccccc1NC(=O)N1CCN(c2cnc3cc(OC)ccc3n2)CC1. The Morgan fingerprint density at radius 3 is 2.52 bits per heavy atom. The fourth-order valence-corrected chi connectivity index (χ4v) is 3.47. The summed E-state index contributed by atoms with van der Waals surface area (Å²) in [6.07, 6.45) is 1.74. The Hall–Kier alpha value is -3.88. The molecule has 2 heterocycles. The number of fused-ring (bicyclic) bond motifs is 1. The Bertz CT molecular complexity index is 1110. The van der Waals surface area contributed by atoms with Crippen LogP contribution in [0.3, 0.4) is 0 Å². The fraction of sp³-hybridized carbons (Fsp3) is 0.273. The van der Waals surface area contributed by atoms with Gasteiger partial charge < -0.3 is 24.6 Å². The number of methoxy groups -OCH3 is 2. The van der Waals surface area contributed by atoms with Gasteiger partial charge in [-0.15, -0.1) is 0 Å². The van der Waals surface area contributed by atoms with Crippen LogP contribution in [0.25, 0.3) is 11.0 Å². The summed E-state index contributed by atoms with van der Waals surface area (Å²) in [5.41, 5.74) is 2.31. The smallest absolute Gasteiger partial charge is 0.339 e. The van der Waals surface area contributed by atoms with E-state index in [1.54, 1.807) is 42.5 Å². The zero-order valence-corrected chi connectivity index (χ0v) is 17.4. The van der Waals surface area contributed by atoms with Crippen LogP contribution in [0.1, 0.15) is 10.4 Å². The van der Waals surface area contributed by atoms with E-state index >= 15 is 0 Å². The molecule has 0 unspecified atom stereocenters. The molecular weight excluding hydrogens is 398 g/mol. The number of esters is 1. The Balaban J connectivity index is 1.40. The minimum absolute atomic E-state index is 0.257. The highest BCUT2D eigenvalue weighted by Crippen LogP contribution is 2.22. The first-order valence-electron chi connectivity index (χ1n) is 9.88. The number of nitrogens with one attached hydrogen (secondary N) is 1. The molecule has 1 N–H and O–H groups in total. The van der Waals surface area contributed by atoms with Crippen LogP contribution in [-0.2, 0) is 4.74 Å². The van der Waals surface area contributed by atoms with Crippen molar-refractivity contribution in [3.8, 4) is 5.75 Å². The van der Waals surface area contributed by atoms with Gasteiger partial charge in [-0.25, -0.2) is 14.6 Å². The van der Waals surface area contributed by atoms with Crippen molar-refractivity contribution >= 4 is 34.5 Å². The van der Waals surface area contributed by atoms with Crippen LogP contribution in [0.5, 0.6) is 5.75 Å². The molecule has 1 aliphatic rings. The molecule has 160 valence electrons. The topological polar surface area (TPSA) is 96.9 Å². The average Bonchev–Trinajstić information content (AvgIpc) is 2.83. The molecule has 2 aromatic carbocycles. The molecule has 1 aliphatic heterocycles. The number of aromatic nitrogens is 2. The van der Waals surface area contributed by atoms with Crippen LogP contribution in [0.4, 0.5) is 16.3 Å². The second-order valence-electron chi connectivity index (χ2n) is 7.02. The molecule has 0 aliphatic carbocycles. The Kier molecular flexibility index (Phi) is 5.83. The van der Waals surface area contributed by atoms with Gasteiger partial charge >= 0.3 is 12.0 Å². The zero-order valence-electron chi connectivity index (χ0n) is 17.4. The minimum atomic E-state index is -0.492. The molecule has 1 saturated heterocycles. The molecule has 3 aromatic rings. The van der Waals surface area contributed by atoms with Crippen molar-refractivity contribution in [1.82, 2.24) is 14.9 Å². The zero-order chi connectivity index (χ0) is 21.8. The number of hydrogen-bond donors (Lipinski definition) is 1. The van der Waals surface area contributed by atoms with Gasteiger partial charge in [0, 0.05) is 32.2 Å². The quantitative estimate of drug-likeness (QED) is 0.647. The number of urea groups is 1. The van der Waals surface area contributed by atoms with Gasteiger partial charge in [-0.1, -0.05) is 12.1 Å². The molecule has 9 heteroatoms. The third-order valence-electron chi connectivity index (χ3n) is 5.20. The lowest BCUT2D eigenvalue weighted by Crippen LogP contribution is -2.50. The Labute approximate surface area is 179 Å². The third kappa shape index (κ3) is 4.35. The maximum Gasteiger partial charge on any atom is 0.339 e. The van der Waals surface area contributed by atoms with Gasteiger partial charge in [-0.3, -0.25) is 4.98 Å². The van der Waals surface area contributed by atoms with Crippen molar-refractivity contribution in [2.45, 2.75) is 0 Å². The lowest BCUT2D eigenvalue weighted by Gasteiger charge is -2.35. The van der Waals surface area contributed by atoms with Gasteiger partial charge in [-0.2, -0.15) is 0 Å². The van der Waals surface area contributed by atoms with Crippen molar-refractivity contribution in [1.29, 1.82) is 0 Å². The van der Waals surface area contributed by atoms with Gasteiger partial charge in [0.25, 0.3) is 0 Å². The van der Waals surface area contributed by atoms with E-state index in [0.717, 1.165) is 22.6 Å². The monoisotopic (exact) mass is 421 g/mol. The molecule has 1 aromatic heterocycles. The minimum Gasteiger partial charge on any atom is -0.497 e. The number of benzene rings is 2. The average molecular weight is 421 g/mol. The van der Waals surface area contributed by atoms with Crippen molar-refractivity contribution < 1.29 is 19.1 Å². The van der Waals surface area contributed by atoms with Crippen LogP contribution in [0.15, 0.2) is 48.7 Å². The molecule has 31 heavy (non-hydrogen) atoms. The van der Waals surface area contributed by atoms with E-state index in [0.29, 0.717) is 37.4 Å². The van der Waals surface area contributed by atoms with E-state index in [9.17, 15) is 9.59 Å². The van der Waals surface area contributed by atoms with E-state index in [-0.39, 0.29) is 6.03 Å². The summed E-state index contributed by atoms with van der Waals surface area (Å²) >= 11 is 0. The van der Waals surface area contributed by atoms with Gasteiger partial charge in [0.15, 0.2) is 0 Å². The third-order valence-corrected chi connectivity index (χ3v) is 5.20. The summed E-state index contributed by atoms with van der Waals surface area (Å²) in [6, 6.07) is 12.1. The molecule has 0 saturated carbocycles. The highest BCUT2D eigenvalue weighted by Gasteiger charge is 2.23. The van der Waals surface area contributed by atoms with Gasteiger partial charge in [0.2, 0.25) is 0 Å². The van der Waals surface area contributed by atoms with Crippen molar-refractivity contribution in [3.63, 3.8) is 0 Å². The standard InChI is InChI=1S/C22H23N5O4/c1-30-15-7-8-18-19(13-15)23-14-20(24-18)26-9-11-27(12-10-26)22(29)25-17-6-4-3-5-16(17)21(28)31-2/h3-8,13-14H,9-12H2,1-2H3,(H,25,29). The van der Waals surface area contributed by atoms with Crippen LogP contribution in [0, 0.1) is 0 Å². The highest BCUT2D eigenvalue weighted by atomic mass is 16.5. The summed E-state index contributed by atoms with van der Waals surface area (Å²) in [6.45, 7) is 2.30. The van der Waals surface area contributed by atoms with Crippen LogP contribution in [-0.4, -0.2) is 67.3 Å². The predicted octanol–water partition coefficient (Wildman–Crippen LogP) is 2.78. The fourth-order valence-electron chi connectivity index (χ4n) is 3.47. The van der Waals surface area contributed by atoms with Gasteiger partial charge in [0.05, 0.1) is 42.7 Å². The summed E-state index contributed by atoms with van der Waals surface area (Å²) < 4.78 is 10.0. The Morgan fingerprint density at radius 2 is 1.77 bits per heavy atom. The number of para-hydroxylation sites is 1. The van der Waals surface area contributed by atoms with E-state index in [4.69, 9.17) is 9.47 Å². The van der Waals surface area contributed by atoms with E-state index < -0.39 is 5.97 Å². The number of rotatable bonds is 4. The molecule has 2 amide bonds. The van der Waals surface area contributed by atoms with Crippen molar-refractivity contribution in [3.05, 3.63) is 54.2 Å². The van der Waals surface area contributed by atoms with Gasteiger partial charge in [0.1, 0.15) is 11.6 Å². The largest absolute Gasteiger partial charge is 0.497 e. The normalized spacial score (nSPS) is 13.7. The second kappa shape index (κ2) is 8.86. The molecule has 1 fully saturated rings. The first kappa shape index (κ1) is 20.4. The highest BCUT2D eigenvalue weighted by molar-refractivity contribution is 6.00. The van der Waals surface area contributed by atoms with E-state index in [1.807, 2.05) is 18.2 Å². The summed E-state index contributed by atoms with van der Waals surface area (Å²) in [4.78, 5) is 37.6. The predicted molar refractivity (Wildman–Crippen MR) is 117 cm³/mol. The molecule has 4 rings (SSSR count). The lowest BCUT2D eigenvalue weighted by molar-refractivity contribution is 0.0602.